The Morgan fingerprint density at radius 1 is 1.21 bits per heavy atom. The van der Waals surface area contributed by atoms with Crippen LogP contribution in [-0.2, 0) is 11.3 Å². The van der Waals surface area contributed by atoms with Gasteiger partial charge in [0.2, 0.25) is 5.91 Å². The molecular weight excluding hydrogens is 302 g/mol. The first-order valence-electron chi connectivity index (χ1n) is 8.61. The van der Waals surface area contributed by atoms with Gasteiger partial charge >= 0.3 is 0 Å². The highest BCUT2D eigenvalue weighted by molar-refractivity contribution is 5.76. The largest absolute Gasteiger partial charge is 0.340 e. The number of pyridine rings is 1. The van der Waals surface area contributed by atoms with Crippen molar-refractivity contribution in [3.63, 3.8) is 0 Å². The molecule has 0 unspecified atom stereocenters. The zero-order valence-electron chi connectivity index (χ0n) is 14.2. The van der Waals surface area contributed by atoms with Gasteiger partial charge in [-0.3, -0.25) is 14.7 Å². The summed E-state index contributed by atoms with van der Waals surface area (Å²) in [6.07, 6.45) is 10.7. The summed E-state index contributed by atoms with van der Waals surface area (Å²) < 4.78 is 2.01. The first-order valence-corrected chi connectivity index (χ1v) is 8.61. The summed E-state index contributed by atoms with van der Waals surface area (Å²) >= 11 is 0. The van der Waals surface area contributed by atoms with Crippen molar-refractivity contribution >= 4 is 5.91 Å². The minimum atomic E-state index is 0.267. The SMILES string of the molecule is C[C@H](c1cccnc1)N1CCN(C(=O)CCCn2ccnc2)CC1. The van der Waals surface area contributed by atoms with E-state index >= 15 is 0 Å². The summed E-state index contributed by atoms with van der Waals surface area (Å²) in [5.74, 6) is 0.267. The Morgan fingerprint density at radius 3 is 2.71 bits per heavy atom. The van der Waals surface area contributed by atoms with Gasteiger partial charge in [0.25, 0.3) is 0 Å². The Hall–Kier alpha value is -2.21. The highest BCUT2D eigenvalue weighted by atomic mass is 16.2. The highest BCUT2D eigenvalue weighted by Gasteiger charge is 2.24. The lowest BCUT2D eigenvalue weighted by Gasteiger charge is -2.38. The van der Waals surface area contributed by atoms with Crippen molar-refractivity contribution < 1.29 is 4.79 Å². The maximum Gasteiger partial charge on any atom is 0.222 e. The van der Waals surface area contributed by atoms with Crippen LogP contribution in [0.1, 0.15) is 31.4 Å². The molecule has 1 atom stereocenters. The predicted octanol–water partition coefficient (Wildman–Crippen LogP) is 1.96. The van der Waals surface area contributed by atoms with Crippen molar-refractivity contribution in [2.45, 2.75) is 32.4 Å². The molecule has 0 aliphatic carbocycles. The monoisotopic (exact) mass is 327 g/mol. The lowest BCUT2D eigenvalue weighted by molar-refractivity contribution is -0.133. The van der Waals surface area contributed by atoms with Crippen molar-refractivity contribution in [1.82, 2.24) is 24.3 Å². The minimum absolute atomic E-state index is 0.267. The molecule has 1 amide bonds. The zero-order valence-corrected chi connectivity index (χ0v) is 14.2. The van der Waals surface area contributed by atoms with E-state index in [1.807, 2.05) is 27.9 Å². The van der Waals surface area contributed by atoms with Crippen LogP contribution in [0.2, 0.25) is 0 Å². The number of aromatic nitrogens is 3. The Bertz CT molecular complexity index is 620. The number of carbonyl (C=O) groups excluding carboxylic acids is 1. The second-order valence-electron chi connectivity index (χ2n) is 6.28. The molecule has 3 heterocycles. The number of carbonyl (C=O) groups is 1. The first kappa shape index (κ1) is 16.6. The van der Waals surface area contributed by atoms with Crippen molar-refractivity contribution in [3.05, 3.63) is 48.8 Å². The predicted molar refractivity (Wildman–Crippen MR) is 92.3 cm³/mol. The van der Waals surface area contributed by atoms with Gasteiger partial charge in [-0.2, -0.15) is 0 Å². The van der Waals surface area contributed by atoms with Crippen LogP contribution in [0.15, 0.2) is 43.2 Å². The van der Waals surface area contributed by atoms with Crippen LogP contribution < -0.4 is 0 Å². The molecule has 24 heavy (non-hydrogen) atoms. The van der Waals surface area contributed by atoms with E-state index in [1.54, 1.807) is 18.7 Å². The van der Waals surface area contributed by atoms with Crippen molar-refractivity contribution in [1.29, 1.82) is 0 Å². The van der Waals surface area contributed by atoms with Crippen LogP contribution in [0.25, 0.3) is 0 Å². The zero-order chi connectivity index (χ0) is 16.8. The van der Waals surface area contributed by atoms with E-state index in [-0.39, 0.29) is 5.91 Å². The van der Waals surface area contributed by atoms with Gasteiger partial charge < -0.3 is 9.47 Å². The maximum atomic E-state index is 12.3. The summed E-state index contributed by atoms with van der Waals surface area (Å²) in [6.45, 7) is 6.53. The summed E-state index contributed by atoms with van der Waals surface area (Å²) in [6, 6.07) is 4.44. The fourth-order valence-electron chi connectivity index (χ4n) is 3.18. The average molecular weight is 327 g/mol. The second-order valence-corrected chi connectivity index (χ2v) is 6.28. The quantitative estimate of drug-likeness (QED) is 0.814. The molecule has 0 aromatic carbocycles. The molecular formula is C18H25N5O. The number of nitrogens with zero attached hydrogens (tertiary/aromatic N) is 5. The van der Waals surface area contributed by atoms with E-state index in [4.69, 9.17) is 0 Å². The number of amides is 1. The average Bonchev–Trinajstić information content (AvgIpc) is 3.15. The fraction of sp³-hybridized carbons (Fsp3) is 0.500. The molecule has 0 saturated carbocycles. The Labute approximate surface area is 143 Å². The van der Waals surface area contributed by atoms with Crippen LogP contribution >= 0.6 is 0 Å². The minimum Gasteiger partial charge on any atom is -0.340 e. The van der Waals surface area contributed by atoms with Gasteiger partial charge in [-0.25, -0.2) is 4.98 Å². The van der Waals surface area contributed by atoms with Crippen LogP contribution in [0, 0.1) is 0 Å². The molecule has 6 nitrogen and oxygen atoms in total. The van der Waals surface area contributed by atoms with E-state index in [0.717, 1.165) is 39.1 Å². The standard InChI is InChI=1S/C18H25N5O/c1-16(17-4-2-6-19-14-17)22-10-12-23(13-11-22)18(24)5-3-8-21-9-7-20-15-21/h2,4,6-7,9,14-16H,3,5,8,10-13H2,1H3/t16-/m1/s1. The fourth-order valence-corrected chi connectivity index (χ4v) is 3.18. The molecule has 0 radical (unpaired) electrons. The lowest BCUT2D eigenvalue weighted by Crippen LogP contribution is -2.49. The van der Waals surface area contributed by atoms with Crippen LogP contribution in [0.3, 0.4) is 0 Å². The first-order chi connectivity index (χ1) is 11.7. The number of hydrogen-bond donors (Lipinski definition) is 0. The molecule has 3 rings (SSSR count). The third-order valence-corrected chi connectivity index (χ3v) is 4.75. The summed E-state index contributed by atoms with van der Waals surface area (Å²) in [7, 11) is 0. The molecule has 2 aromatic rings. The normalized spacial score (nSPS) is 17.0. The van der Waals surface area contributed by atoms with E-state index < -0.39 is 0 Å². The Kier molecular flexibility index (Phi) is 5.59. The molecule has 0 N–H and O–H groups in total. The summed E-state index contributed by atoms with van der Waals surface area (Å²) in [5.41, 5.74) is 1.23. The second kappa shape index (κ2) is 8.06. The maximum absolute atomic E-state index is 12.3. The van der Waals surface area contributed by atoms with E-state index in [0.29, 0.717) is 12.5 Å². The Balaban J connectivity index is 1.42. The van der Waals surface area contributed by atoms with Gasteiger partial charge in [-0.15, -0.1) is 0 Å². The third-order valence-electron chi connectivity index (χ3n) is 4.75. The highest BCUT2D eigenvalue weighted by Crippen LogP contribution is 2.20. The van der Waals surface area contributed by atoms with Crippen molar-refractivity contribution in [3.8, 4) is 0 Å². The summed E-state index contributed by atoms with van der Waals surface area (Å²) in [5, 5.41) is 0. The van der Waals surface area contributed by atoms with E-state index in [1.165, 1.54) is 5.56 Å². The number of hydrogen-bond acceptors (Lipinski definition) is 4. The van der Waals surface area contributed by atoms with E-state index in [2.05, 4.69) is 27.9 Å². The lowest BCUT2D eigenvalue weighted by atomic mass is 10.1. The van der Waals surface area contributed by atoms with Crippen molar-refractivity contribution in [2.75, 3.05) is 26.2 Å². The molecule has 128 valence electrons. The van der Waals surface area contributed by atoms with Gasteiger partial charge in [0.15, 0.2) is 0 Å². The van der Waals surface area contributed by atoms with Gasteiger partial charge in [0.1, 0.15) is 0 Å². The molecule has 0 spiro atoms. The summed E-state index contributed by atoms with van der Waals surface area (Å²) in [4.78, 5) is 25.0. The van der Waals surface area contributed by atoms with Gasteiger partial charge in [-0.1, -0.05) is 6.07 Å². The van der Waals surface area contributed by atoms with E-state index in [9.17, 15) is 4.79 Å². The number of piperazine rings is 1. The topological polar surface area (TPSA) is 54.3 Å². The smallest absolute Gasteiger partial charge is 0.222 e. The molecule has 1 aliphatic heterocycles. The number of rotatable bonds is 6. The van der Waals surface area contributed by atoms with Gasteiger partial charge in [0, 0.05) is 70.0 Å². The number of imidazole rings is 1. The molecule has 2 aromatic heterocycles. The van der Waals surface area contributed by atoms with Crippen molar-refractivity contribution in [2.24, 2.45) is 0 Å². The van der Waals surface area contributed by atoms with Crippen LogP contribution in [-0.4, -0.2) is 56.4 Å². The molecule has 1 aliphatic rings. The molecule has 1 fully saturated rings. The molecule has 1 saturated heterocycles. The Morgan fingerprint density at radius 2 is 2.04 bits per heavy atom. The third kappa shape index (κ3) is 4.20. The molecule has 6 heteroatoms. The van der Waals surface area contributed by atoms with Gasteiger partial charge in [-0.05, 0) is 25.0 Å². The molecule has 0 bridgehead atoms. The number of aryl methyl sites for hydroxylation is 1. The van der Waals surface area contributed by atoms with Gasteiger partial charge in [0.05, 0.1) is 6.33 Å². The van der Waals surface area contributed by atoms with Crippen LogP contribution in [0.4, 0.5) is 0 Å². The van der Waals surface area contributed by atoms with Crippen LogP contribution in [0.5, 0.6) is 0 Å².